The van der Waals surface area contributed by atoms with E-state index in [9.17, 15) is 14.5 Å². The first-order chi connectivity index (χ1) is 8.58. The molecule has 0 bridgehead atoms. The smallest absolute Gasteiger partial charge is 0.272 e. The molecular formula is C12H13ClFNO3. The Balaban J connectivity index is 2.21. The Bertz CT molecular complexity index is 455. The summed E-state index contributed by atoms with van der Waals surface area (Å²) in [6.45, 7) is 1.07. The molecule has 0 saturated carbocycles. The van der Waals surface area contributed by atoms with Crippen LogP contribution in [0.3, 0.4) is 0 Å². The van der Waals surface area contributed by atoms with Crippen LogP contribution in [0, 0.1) is 21.8 Å². The van der Waals surface area contributed by atoms with Gasteiger partial charge in [-0.15, -0.1) is 11.6 Å². The van der Waals surface area contributed by atoms with Crippen LogP contribution < -0.4 is 0 Å². The van der Waals surface area contributed by atoms with Gasteiger partial charge < -0.3 is 4.74 Å². The van der Waals surface area contributed by atoms with Crippen LogP contribution in [0.2, 0.25) is 0 Å². The van der Waals surface area contributed by atoms with Gasteiger partial charge in [0, 0.05) is 29.5 Å². The van der Waals surface area contributed by atoms with E-state index < -0.39 is 10.7 Å². The van der Waals surface area contributed by atoms with Crippen LogP contribution in [-0.2, 0) is 11.2 Å². The average molecular weight is 274 g/mol. The number of nitro groups is 1. The highest BCUT2D eigenvalue weighted by atomic mass is 35.5. The zero-order valence-corrected chi connectivity index (χ0v) is 10.4. The molecule has 0 amide bonds. The zero-order chi connectivity index (χ0) is 13.1. The van der Waals surface area contributed by atoms with Gasteiger partial charge in [-0.3, -0.25) is 10.1 Å². The number of benzene rings is 1. The Kier molecular flexibility index (Phi) is 4.14. The molecule has 1 saturated heterocycles. The lowest BCUT2D eigenvalue weighted by Crippen LogP contribution is -2.29. The van der Waals surface area contributed by atoms with Gasteiger partial charge in [-0.1, -0.05) is 0 Å². The van der Waals surface area contributed by atoms with E-state index in [0.717, 1.165) is 12.5 Å². The van der Waals surface area contributed by atoms with Crippen molar-refractivity contribution in [3.8, 4) is 0 Å². The van der Waals surface area contributed by atoms with Gasteiger partial charge in [0.15, 0.2) is 0 Å². The van der Waals surface area contributed by atoms with E-state index in [4.69, 9.17) is 16.3 Å². The van der Waals surface area contributed by atoms with Gasteiger partial charge in [0.25, 0.3) is 5.69 Å². The lowest BCUT2D eigenvalue weighted by molar-refractivity contribution is -0.385. The van der Waals surface area contributed by atoms with Crippen molar-refractivity contribution in [1.82, 2.24) is 0 Å². The van der Waals surface area contributed by atoms with E-state index in [2.05, 4.69) is 0 Å². The van der Waals surface area contributed by atoms with E-state index in [0.29, 0.717) is 25.2 Å². The largest absolute Gasteiger partial charge is 0.381 e. The van der Waals surface area contributed by atoms with Crippen molar-refractivity contribution in [3.05, 3.63) is 39.7 Å². The Morgan fingerprint density at radius 2 is 2.33 bits per heavy atom. The van der Waals surface area contributed by atoms with Crippen molar-refractivity contribution in [1.29, 1.82) is 0 Å². The standard InChI is InChI=1S/C12H13ClFNO3/c13-11-3-4-18-7-9(11)5-8-6-10(14)1-2-12(8)15(16)17/h1-2,6,9,11H,3-5,7H2. The van der Waals surface area contributed by atoms with E-state index in [1.165, 1.54) is 12.1 Å². The molecule has 0 aromatic heterocycles. The average Bonchev–Trinajstić information content (AvgIpc) is 2.32. The van der Waals surface area contributed by atoms with Crippen molar-refractivity contribution in [3.63, 3.8) is 0 Å². The molecule has 2 atom stereocenters. The second kappa shape index (κ2) is 5.63. The summed E-state index contributed by atoms with van der Waals surface area (Å²) in [6, 6.07) is 3.49. The second-order valence-electron chi connectivity index (χ2n) is 4.37. The summed E-state index contributed by atoms with van der Waals surface area (Å²) in [7, 11) is 0. The molecule has 18 heavy (non-hydrogen) atoms. The number of alkyl halides is 1. The summed E-state index contributed by atoms with van der Waals surface area (Å²) < 4.78 is 18.5. The summed E-state index contributed by atoms with van der Waals surface area (Å²) in [5.41, 5.74) is 0.312. The molecule has 0 radical (unpaired) electrons. The van der Waals surface area contributed by atoms with Crippen LogP contribution in [0.15, 0.2) is 18.2 Å². The summed E-state index contributed by atoms with van der Waals surface area (Å²) in [5, 5.41) is 10.8. The van der Waals surface area contributed by atoms with Crippen LogP contribution in [0.5, 0.6) is 0 Å². The SMILES string of the molecule is O=[N+]([O-])c1ccc(F)cc1CC1COCCC1Cl. The third-order valence-electron chi connectivity index (χ3n) is 3.10. The predicted octanol–water partition coefficient (Wildman–Crippen LogP) is 2.92. The predicted molar refractivity (Wildman–Crippen MR) is 65.3 cm³/mol. The number of ether oxygens (including phenoxy) is 1. The van der Waals surface area contributed by atoms with Crippen molar-refractivity contribution < 1.29 is 14.1 Å². The maximum absolute atomic E-state index is 13.2. The molecule has 1 heterocycles. The Hall–Kier alpha value is -1.20. The van der Waals surface area contributed by atoms with E-state index in [1.807, 2.05) is 0 Å². The molecule has 4 nitrogen and oxygen atoms in total. The lowest BCUT2D eigenvalue weighted by Gasteiger charge is -2.27. The van der Waals surface area contributed by atoms with Gasteiger partial charge in [-0.25, -0.2) is 4.39 Å². The van der Waals surface area contributed by atoms with Gasteiger partial charge in [0.2, 0.25) is 0 Å². The Morgan fingerprint density at radius 3 is 3.00 bits per heavy atom. The minimum absolute atomic E-state index is 0.0130. The highest BCUT2D eigenvalue weighted by Crippen LogP contribution is 2.28. The van der Waals surface area contributed by atoms with Crippen molar-refractivity contribution >= 4 is 17.3 Å². The molecular weight excluding hydrogens is 261 g/mol. The number of rotatable bonds is 3. The van der Waals surface area contributed by atoms with Gasteiger partial charge in [-0.05, 0) is 25.0 Å². The van der Waals surface area contributed by atoms with E-state index in [1.54, 1.807) is 0 Å². The third kappa shape index (κ3) is 2.97. The number of nitro benzene ring substituents is 1. The fourth-order valence-electron chi connectivity index (χ4n) is 2.14. The van der Waals surface area contributed by atoms with Crippen LogP contribution in [-0.4, -0.2) is 23.5 Å². The second-order valence-corrected chi connectivity index (χ2v) is 4.93. The molecule has 2 rings (SSSR count). The van der Waals surface area contributed by atoms with E-state index >= 15 is 0 Å². The summed E-state index contributed by atoms with van der Waals surface area (Å²) >= 11 is 6.16. The first kappa shape index (κ1) is 13.2. The molecule has 1 aromatic rings. The molecule has 0 spiro atoms. The summed E-state index contributed by atoms with van der Waals surface area (Å²) in [5.74, 6) is -0.487. The van der Waals surface area contributed by atoms with Crippen LogP contribution >= 0.6 is 11.6 Å². The molecule has 2 unspecified atom stereocenters. The van der Waals surface area contributed by atoms with Crippen molar-refractivity contribution in [2.75, 3.05) is 13.2 Å². The molecule has 6 heteroatoms. The van der Waals surface area contributed by atoms with Gasteiger partial charge in [0.05, 0.1) is 11.5 Å². The topological polar surface area (TPSA) is 52.4 Å². The molecule has 1 aliphatic rings. The maximum Gasteiger partial charge on any atom is 0.272 e. The first-order valence-corrected chi connectivity index (χ1v) is 6.16. The fraction of sp³-hybridized carbons (Fsp3) is 0.500. The highest BCUT2D eigenvalue weighted by molar-refractivity contribution is 6.20. The summed E-state index contributed by atoms with van der Waals surface area (Å²) in [6.07, 6.45) is 1.08. The van der Waals surface area contributed by atoms with Crippen molar-refractivity contribution in [2.24, 2.45) is 5.92 Å². The highest BCUT2D eigenvalue weighted by Gasteiger charge is 2.27. The molecule has 0 aliphatic carbocycles. The number of hydrogen-bond donors (Lipinski definition) is 0. The van der Waals surface area contributed by atoms with Gasteiger partial charge in [0.1, 0.15) is 5.82 Å². The number of halogens is 2. The van der Waals surface area contributed by atoms with Gasteiger partial charge >= 0.3 is 0 Å². The minimum Gasteiger partial charge on any atom is -0.381 e. The Labute approximate surface area is 109 Å². The quantitative estimate of drug-likeness (QED) is 0.483. The number of nitrogens with zero attached hydrogens (tertiary/aromatic N) is 1. The molecule has 1 fully saturated rings. The van der Waals surface area contributed by atoms with E-state index in [-0.39, 0.29) is 17.0 Å². The summed E-state index contributed by atoms with van der Waals surface area (Å²) in [4.78, 5) is 10.4. The number of hydrogen-bond acceptors (Lipinski definition) is 3. The molecule has 1 aromatic carbocycles. The van der Waals surface area contributed by atoms with Crippen molar-refractivity contribution in [2.45, 2.75) is 18.2 Å². The Morgan fingerprint density at radius 1 is 1.56 bits per heavy atom. The molecule has 98 valence electrons. The first-order valence-electron chi connectivity index (χ1n) is 5.72. The van der Waals surface area contributed by atoms with Crippen LogP contribution in [0.1, 0.15) is 12.0 Å². The lowest BCUT2D eigenvalue weighted by atomic mass is 9.93. The van der Waals surface area contributed by atoms with Crippen LogP contribution in [0.4, 0.5) is 10.1 Å². The van der Waals surface area contributed by atoms with Gasteiger partial charge in [-0.2, -0.15) is 0 Å². The molecule has 0 N–H and O–H groups in total. The minimum atomic E-state index is -0.498. The zero-order valence-electron chi connectivity index (χ0n) is 9.64. The fourth-order valence-corrected chi connectivity index (χ4v) is 2.39. The maximum atomic E-state index is 13.2. The monoisotopic (exact) mass is 273 g/mol. The third-order valence-corrected chi connectivity index (χ3v) is 3.68. The normalized spacial score (nSPS) is 23.9. The van der Waals surface area contributed by atoms with Crippen LogP contribution in [0.25, 0.3) is 0 Å². The molecule has 1 aliphatic heterocycles.